The molecule has 1 heterocycles. The number of carbonyl (C=O) groups excluding carboxylic acids is 2. The standard InChI is InChI=1S/C25H30FN3O3/c1-32-22-12-6-19(7-13-22)25(31)29-16-14-28(15-17-29)23(18-4-2-3-5-18)24(30)27-21-10-8-20(26)9-11-21/h6-13,18,23H,2-5,14-17H2,1H3,(H,27,30)/t23-/m0/s1. The minimum atomic E-state index is -0.326. The Morgan fingerprint density at radius 2 is 1.59 bits per heavy atom. The molecule has 4 rings (SSSR count). The zero-order valence-electron chi connectivity index (χ0n) is 18.4. The van der Waals surface area contributed by atoms with Gasteiger partial charge in [0.15, 0.2) is 0 Å². The van der Waals surface area contributed by atoms with Crippen molar-refractivity contribution in [3.05, 3.63) is 59.9 Å². The summed E-state index contributed by atoms with van der Waals surface area (Å²) in [6.07, 6.45) is 4.35. The lowest BCUT2D eigenvalue weighted by Gasteiger charge is -2.40. The van der Waals surface area contributed by atoms with Gasteiger partial charge in [0.25, 0.3) is 5.91 Å². The zero-order chi connectivity index (χ0) is 22.5. The number of nitrogens with one attached hydrogen (secondary N) is 1. The van der Waals surface area contributed by atoms with Crippen molar-refractivity contribution in [3.63, 3.8) is 0 Å². The minimum Gasteiger partial charge on any atom is -0.497 e. The zero-order valence-corrected chi connectivity index (χ0v) is 18.4. The van der Waals surface area contributed by atoms with E-state index in [0.29, 0.717) is 43.3 Å². The second-order valence-corrected chi connectivity index (χ2v) is 8.54. The number of nitrogens with zero attached hydrogens (tertiary/aromatic N) is 2. The molecule has 1 aliphatic heterocycles. The van der Waals surface area contributed by atoms with Gasteiger partial charge in [-0.15, -0.1) is 0 Å². The molecule has 0 aromatic heterocycles. The molecule has 2 fully saturated rings. The molecule has 0 bridgehead atoms. The van der Waals surface area contributed by atoms with Gasteiger partial charge in [-0.05, 0) is 67.3 Å². The molecule has 1 saturated heterocycles. The summed E-state index contributed by atoms with van der Waals surface area (Å²) < 4.78 is 18.4. The molecule has 2 amide bonds. The summed E-state index contributed by atoms with van der Waals surface area (Å²) in [4.78, 5) is 30.2. The molecule has 1 saturated carbocycles. The van der Waals surface area contributed by atoms with Crippen LogP contribution in [0.2, 0.25) is 0 Å². The van der Waals surface area contributed by atoms with Crippen molar-refractivity contribution in [2.24, 2.45) is 5.92 Å². The van der Waals surface area contributed by atoms with E-state index in [0.717, 1.165) is 31.4 Å². The van der Waals surface area contributed by atoms with Gasteiger partial charge < -0.3 is 15.0 Å². The number of methoxy groups -OCH3 is 1. The van der Waals surface area contributed by atoms with Gasteiger partial charge in [-0.2, -0.15) is 0 Å². The lowest BCUT2D eigenvalue weighted by molar-refractivity contribution is -0.123. The quantitative estimate of drug-likeness (QED) is 0.744. The third kappa shape index (κ3) is 5.10. The Morgan fingerprint density at radius 3 is 2.19 bits per heavy atom. The van der Waals surface area contributed by atoms with E-state index in [-0.39, 0.29) is 23.7 Å². The van der Waals surface area contributed by atoms with Crippen LogP contribution >= 0.6 is 0 Å². The summed E-state index contributed by atoms with van der Waals surface area (Å²) in [7, 11) is 1.60. The fourth-order valence-electron chi connectivity index (χ4n) is 4.82. The van der Waals surface area contributed by atoms with E-state index in [1.807, 2.05) is 4.90 Å². The van der Waals surface area contributed by atoms with E-state index in [9.17, 15) is 14.0 Å². The van der Waals surface area contributed by atoms with Crippen LogP contribution in [0.5, 0.6) is 5.75 Å². The Balaban J connectivity index is 1.41. The lowest BCUT2D eigenvalue weighted by atomic mass is 9.94. The van der Waals surface area contributed by atoms with Crippen molar-refractivity contribution in [2.75, 3.05) is 38.6 Å². The summed E-state index contributed by atoms with van der Waals surface area (Å²) in [5.74, 6) is 0.657. The topological polar surface area (TPSA) is 61.9 Å². The molecule has 2 aromatic rings. The van der Waals surface area contributed by atoms with Gasteiger partial charge in [0.05, 0.1) is 13.2 Å². The van der Waals surface area contributed by atoms with Gasteiger partial charge in [0.1, 0.15) is 11.6 Å². The molecule has 2 aliphatic rings. The minimum absolute atomic E-state index is 0.000447. The normalized spacial score (nSPS) is 18.4. The number of amides is 2. The summed E-state index contributed by atoms with van der Waals surface area (Å²) >= 11 is 0. The maximum Gasteiger partial charge on any atom is 0.253 e. The third-order valence-corrected chi connectivity index (χ3v) is 6.56. The first-order chi connectivity index (χ1) is 15.5. The van der Waals surface area contributed by atoms with Crippen molar-refractivity contribution < 1.29 is 18.7 Å². The Labute approximate surface area is 188 Å². The van der Waals surface area contributed by atoms with Crippen LogP contribution in [0.4, 0.5) is 10.1 Å². The van der Waals surface area contributed by atoms with Crippen LogP contribution in [0.15, 0.2) is 48.5 Å². The third-order valence-electron chi connectivity index (χ3n) is 6.56. The van der Waals surface area contributed by atoms with Crippen LogP contribution in [0, 0.1) is 11.7 Å². The van der Waals surface area contributed by atoms with Crippen LogP contribution in [0.25, 0.3) is 0 Å². The highest BCUT2D eigenvalue weighted by Crippen LogP contribution is 2.32. The molecule has 32 heavy (non-hydrogen) atoms. The van der Waals surface area contributed by atoms with Crippen molar-refractivity contribution in [2.45, 2.75) is 31.7 Å². The number of hydrogen-bond acceptors (Lipinski definition) is 4. The summed E-state index contributed by atoms with van der Waals surface area (Å²) in [6.45, 7) is 2.47. The molecule has 2 aromatic carbocycles. The maximum atomic E-state index is 13.2. The van der Waals surface area contributed by atoms with E-state index >= 15 is 0 Å². The predicted molar refractivity (Wildman–Crippen MR) is 121 cm³/mol. The molecule has 1 aliphatic carbocycles. The van der Waals surface area contributed by atoms with E-state index < -0.39 is 0 Å². The highest BCUT2D eigenvalue weighted by Gasteiger charge is 2.37. The lowest BCUT2D eigenvalue weighted by Crippen LogP contribution is -2.56. The molecule has 0 unspecified atom stereocenters. The SMILES string of the molecule is COc1ccc(C(=O)N2CCN([C@H](C(=O)Nc3ccc(F)cc3)C3CCCC3)CC2)cc1. The van der Waals surface area contributed by atoms with Gasteiger partial charge in [0, 0.05) is 37.4 Å². The number of rotatable bonds is 6. The molecule has 0 spiro atoms. The van der Waals surface area contributed by atoms with Crippen molar-refractivity contribution >= 4 is 17.5 Å². The number of benzene rings is 2. The first kappa shape index (κ1) is 22.3. The average Bonchev–Trinajstić information content (AvgIpc) is 3.35. The van der Waals surface area contributed by atoms with Gasteiger partial charge in [-0.3, -0.25) is 14.5 Å². The van der Waals surface area contributed by atoms with Crippen molar-refractivity contribution in [1.82, 2.24) is 9.80 Å². The molecular formula is C25H30FN3O3. The van der Waals surface area contributed by atoms with Crippen LogP contribution in [0.1, 0.15) is 36.0 Å². The molecule has 1 N–H and O–H groups in total. The molecular weight excluding hydrogens is 409 g/mol. The molecule has 1 atom stereocenters. The van der Waals surface area contributed by atoms with E-state index in [2.05, 4.69) is 10.2 Å². The molecule has 0 radical (unpaired) electrons. The molecule has 6 nitrogen and oxygen atoms in total. The number of ether oxygens (including phenoxy) is 1. The molecule has 7 heteroatoms. The van der Waals surface area contributed by atoms with Gasteiger partial charge >= 0.3 is 0 Å². The van der Waals surface area contributed by atoms with Gasteiger partial charge in [-0.25, -0.2) is 4.39 Å². The summed E-state index contributed by atoms with van der Waals surface area (Å²) in [5, 5.41) is 2.97. The Kier molecular flexibility index (Phi) is 7.05. The van der Waals surface area contributed by atoms with Gasteiger partial charge in [0.2, 0.25) is 5.91 Å². The summed E-state index contributed by atoms with van der Waals surface area (Å²) in [5.41, 5.74) is 1.24. The number of piperazine rings is 1. The van der Waals surface area contributed by atoms with Crippen LogP contribution < -0.4 is 10.1 Å². The smallest absolute Gasteiger partial charge is 0.253 e. The Hall–Kier alpha value is -2.93. The van der Waals surface area contributed by atoms with Gasteiger partial charge in [-0.1, -0.05) is 12.8 Å². The number of carbonyl (C=O) groups is 2. The highest BCUT2D eigenvalue weighted by molar-refractivity contribution is 5.95. The van der Waals surface area contributed by atoms with Crippen LogP contribution in [-0.2, 0) is 4.79 Å². The van der Waals surface area contributed by atoms with Crippen LogP contribution in [0.3, 0.4) is 0 Å². The second kappa shape index (κ2) is 10.1. The maximum absolute atomic E-state index is 13.2. The van der Waals surface area contributed by atoms with E-state index in [1.54, 1.807) is 43.5 Å². The van der Waals surface area contributed by atoms with Crippen molar-refractivity contribution in [1.29, 1.82) is 0 Å². The van der Waals surface area contributed by atoms with E-state index in [4.69, 9.17) is 4.74 Å². The first-order valence-corrected chi connectivity index (χ1v) is 11.3. The van der Waals surface area contributed by atoms with E-state index in [1.165, 1.54) is 12.1 Å². The summed E-state index contributed by atoms with van der Waals surface area (Å²) in [6, 6.07) is 12.8. The Bertz CT molecular complexity index is 918. The number of anilines is 1. The fraction of sp³-hybridized carbons (Fsp3) is 0.440. The first-order valence-electron chi connectivity index (χ1n) is 11.3. The number of halogens is 1. The highest BCUT2D eigenvalue weighted by atomic mass is 19.1. The number of hydrogen-bond donors (Lipinski definition) is 1. The predicted octanol–water partition coefficient (Wildman–Crippen LogP) is 3.79. The Morgan fingerprint density at radius 1 is 0.969 bits per heavy atom. The fourth-order valence-corrected chi connectivity index (χ4v) is 4.82. The van der Waals surface area contributed by atoms with Crippen LogP contribution in [-0.4, -0.2) is 60.9 Å². The second-order valence-electron chi connectivity index (χ2n) is 8.54. The molecule has 170 valence electrons. The largest absolute Gasteiger partial charge is 0.497 e. The monoisotopic (exact) mass is 439 g/mol. The average molecular weight is 440 g/mol. The van der Waals surface area contributed by atoms with Crippen molar-refractivity contribution in [3.8, 4) is 5.75 Å².